The molecule has 0 fully saturated rings. The van der Waals surface area contributed by atoms with E-state index in [0.29, 0.717) is 11.3 Å². The Labute approximate surface area is 104 Å². The number of thiophene rings is 1. The average Bonchev–Trinajstić information content (AvgIpc) is 2.78. The van der Waals surface area contributed by atoms with Gasteiger partial charge in [-0.1, -0.05) is 31.5 Å². The van der Waals surface area contributed by atoms with E-state index in [9.17, 15) is 4.79 Å². The van der Waals surface area contributed by atoms with Crippen LogP contribution in [0.25, 0.3) is 10.1 Å². The molecule has 2 aromatic rings. The predicted octanol–water partition coefficient (Wildman–Crippen LogP) is 4.02. The van der Waals surface area contributed by atoms with Crippen molar-refractivity contribution in [2.24, 2.45) is 5.92 Å². The van der Waals surface area contributed by atoms with Crippen LogP contribution in [0.15, 0.2) is 30.3 Å². The minimum Gasteiger partial charge on any atom is -0.292 e. The highest BCUT2D eigenvalue weighted by atomic mass is 32.1. The second-order valence-corrected chi connectivity index (χ2v) is 5.07. The van der Waals surface area contributed by atoms with Crippen LogP contribution in [0.2, 0.25) is 0 Å². The molecule has 0 aliphatic rings. The Kier molecular flexibility index (Phi) is 3.55. The Morgan fingerprint density at radius 3 is 2.88 bits per heavy atom. The van der Waals surface area contributed by atoms with Crippen LogP contribution in [-0.2, 0) is 0 Å². The van der Waals surface area contributed by atoms with Crippen molar-refractivity contribution >= 4 is 27.2 Å². The molecule has 0 amide bonds. The summed E-state index contributed by atoms with van der Waals surface area (Å²) in [4.78, 5) is 12.8. The first-order valence-electron chi connectivity index (χ1n) is 5.68. The minimum atomic E-state index is -0.493. The summed E-state index contributed by atoms with van der Waals surface area (Å²) in [7, 11) is 0. The summed E-state index contributed by atoms with van der Waals surface area (Å²) in [5.74, 6) is -0.524. The first-order chi connectivity index (χ1) is 8.26. The van der Waals surface area contributed by atoms with Gasteiger partial charge in [-0.25, -0.2) is 0 Å². The molecule has 86 valence electrons. The van der Waals surface area contributed by atoms with Crippen LogP contribution in [0.3, 0.4) is 0 Å². The Morgan fingerprint density at radius 1 is 1.47 bits per heavy atom. The summed E-state index contributed by atoms with van der Waals surface area (Å²) in [5.41, 5.74) is 0. The van der Waals surface area contributed by atoms with Gasteiger partial charge in [0, 0.05) is 4.70 Å². The monoisotopic (exact) mass is 243 g/mol. The molecule has 0 spiro atoms. The maximum Gasteiger partial charge on any atom is 0.189 e. The molecule has 0 aliphatic heterocycles. The van der Waals surface area contributed by atoms with Crippen LogP contribution < -0.4 is 0 Å². The molecule has 2 rings (SSSR count). The SMILES string of the molecule is CCCC(C#N)C(=O)c1cc2ccccc2s1. The van der Waals surface area contributed by atoms with Crippen LogP contribution in [-0.4, -0.2) is 5.78 Å². The van der Waals surface area contributed by atoms with Crippen molar-refractivity contribution in [3.63, 3.8) is 0 Å². The van der Waals surface area contributed by atoms with Crippen LogP contribution >= 0.6 is 11.3 Å². The summed E-state index contributed by atoms with van der Waals surface area (Å²) in [5, 5.41) is 10.1. The molecule has 0 aliphatic carbocycles. The maximum atomic E-state index is 12.1. The summed E-state index contributed by atoms with van der Waals surface area (Å²) in [6, 6.07) is 11.9. The van der Waals surface area contributed by atoms with E-state index in [2.05, 4.69) is 6.07 Å². The van der Waals surface area contributed by atoms with E-state index in [4.69, 9.17) is 5.26 Å². The summed E-state index contributed by atoms with van der Waals surface area (Å²) >= 11 is 1.47. The lowest BCUT2D eigenvalue weighted by molar-refractivity contribution is 0.0948. The second-order valence-electron chi connectivity index (χ2n) is 3.98. The highest BCUT2D eigenvalue weighted by Crippen LogP contribution is 2.27. The molecule has 3 heteroatoms. The largest absolute Gasteiger partial charge is 0.292 e. The number of Topliss-reactive ketones (excluding diaryl/α,β-unsaturated/α-hetero) is 1. The van der Waals surface area contributed by atoms with Crippen LogP contribution in [0.5, 0.6) is 0 Å². The second kappa shape index (κ2) is 5.11. The zero-order chi connectivity index (χ0) is 12.3. The van der Waals surface area contributed by atoms with Crippen LogP contribution in [0.4, 0.5) is 0 Å². The number of nitriles is 1. The van der Waals surface area contributed by atoms with E-state index >= 15 is 0 Å². The van der Waals surface area contributed by atoms with Crippen molar-refractivity contribution in [2.45, 2.75) is 19.8 Å². The molecule has 17 heavy (non-hydrogen) atoms. The number of hydrogen-bond acceptors (Lipinski definition) is 3. The lowest BCUT2D eigenvalue weighted by Crippen LogP contribution is -2.11. The standard InChI is InChI=1S/C14H13NOS/c1-2-5-11(9-15)14(16)13-8-10-6-3-4-7-12(10)17-13/h3-4,6-8,11H,2,5H2,1H3. The van der Waals surface area contributed by atoms with Gasteiger partial charge in [0.15, 0.2) is 5.78 Å². The fraction of sp³-hybridized carbons (Fsp3) is 0.286. The molecule has 1 aromatic carbocycles. The van der Waals surface area contributed by atoms with E-state index in [0.717, 1.165) is 16.5 Å². The molecule has 2 nitrogen and oxygen atoms in total. The number of carbonyl (C=O) groups is 1. The van der Waals surface area contributed by atoms with E-state index in [1.165, 1.54) is 11.3 Å². The molecule has 0 saturated carbocycles. The lowest BCUT2D eigenvalue weighted by atomic mass is 9.99. The molecule has 0 bridgehead atoms. The molecule has 0 N–H and O–H groups in total. The smallest absolute Gasteiger partial charge is 0.189 e. The summed E-state index contributed by atoms with van der Waals surface area (Å²) in [6.07, 6.45) is 1.50. The number of nitrogens with zero attached hydrogens (tertiary/aromatic N) is 1. The summed E-state index contributed by atoms with van der Waals surface area (Å²) in [6.45, 7) is 1.99. The summed E-state index contributed by atoms with van der Waals surface area (Å²) < 4.78 is 1.10. The van der Waals surface area contributed by atoms with E-state index < -0.39 is 5.92 Å². The average molecular weight is 243 g/mol. The first-order valence-corrected chi connectivity index (χ1v) is 6.50. The van der Waals surface area contributed by atoms with Gasteiger partial charge >= 0.3 is 0 Å². The Morgan fingerprint density at radius 2 is 2.24 bits per heavy atom. The highest BCUT2D eigenvalue weighted by Gasteiger charge is 2.20. The van der Waals surface area contributed by atoms with Crippen LogP contribution in [0.1, 0.15) is 29.4 Å². The van der Waals surface area contributed by atoms with E-state index in [1.807, 2.05) is 37.3 Å². The highest BCUT2D eigenvalue weighted by molar-refractivity contribution is 7.20. The van der Waals surface area contributed by atoms with Gasteiger partial charge in [-0.15, -0.1) is 11.3 Å². The third-order valence-electron chi connectivity index (χ3n) is 2.72. The third kappa shape index (κ3) is 2.37. The quantitative estimate of drug-likeness (QED) is 0.761. The fourth-order valence-corrected chi connectivity index (χ4v) is 2.88. The topological polar surface area (TPSA) is 40.9 Å². The number of ketones is 1. The predicted molar refractivity (Wildman–Crippen MR) is 70.2 cm³/mol. The zero-order valence-corrected chi connectivity index (χ0v) is 10.5. The van der Waals surface area contributed by atoms with Crippen molar-refractivity contribution < 1.29 is 4.79 Å². The zero-order valence-electron chi connectivity index (χ0n) is 9.64. The fourth-order valence-electron chi connectivity index (χ4n) is 1.82. The Balaban J connectivity index is 2.33. The molecule has 0 saturated heterocycles. The van der Waals surface area contributed by atoms with Crippen molar-refractivity contribution in [2.75, 3.05) is 0 Å². The van der Waals surface area contributed by atoms with Gasteiger partial charge in [0.2, 0.25) is 0 Å². The number of benzene rings is 1. The Hall–Kier alpha value is -1.66. The van der Waals surface area contributed by atoms with Crippen molar-refractivity contribution in [1.29, 1.82) is 5.26 Å². The number of rotatable bonds is 4. The molecule has 1 unspecified atom stereocenters. The van der Waals surface area contributed by atoms with Crippen molar-refractivity contribution in [3.8, 4) is 6.07 Å². The van der Waals surface area contributed by atoms with Crippen LogP contribution in [0, 0.1) is 17.2 Å². The van der Waals surface area contributed by atoms with Gasteiger partial charge in [0.25, 0.3) is 0 Å². The van der Waals surface area contributed by atoms with E-state index in [1.54, 1.807) is 0 Å². The van der Waals surface area contributed by atoms with Gasteiger partial charge < -0.3 is 0 Å². The molecule has 1 heterocycles. The maximum absolute atomic E-state index is 12.1. The number of carbonyl (C=O) groups excluding carboxylic acids is 1. The lowest BCUT2D eigenvalue weighted by Gasteiger charge is -2.03. The molecule has 1 atom stereocenters. The Bertz CT molecular complexity index is 546. The third-order valence-corrected chi connectivity index (χ3v) is 3.85. The van der Waals surface area contributed by atoms with Gasteiger partial charge in [-0.05, 0) is 23.9 Å². The van der Waals surface area contributed by atoms with Gasteiger partial charge in [-0.2, -0.15) is 5.26 Å². The van der Waals surface area contributed by atoms with Crippen molar-refractivity contribution in [3.05, 3.63) is 35.2 Å². The van der Waals surface area contributed by atoms with Gasteiger partial charge in [0.1, 0.15) is 5.92 Å². The molecule has 0 radical (unpaired) electrons. The normalized spacial score (nSPS) is 12.2. The minimum absolute atomic E-state index is 0.0319. The number of hydrogen-bond donors (Lipinski definition) is 0. The van der Waals surface area contributed by atoms with Crippen molar-refractivity contribution in [1.82, 2.24) is 0 Å². The molecule has 1 aromatic heterocycles. The first kappa shape index (κ1) is 11.8. The van der Waals surface area contributed by atoms with Gasteiger partial charge in [-0.3, -0.25) is 4.79 Å². The molecular weight excluding hydrogens is 230 g/mol. The van der Waals surface area contributed by atoms with Gasteiger partial charge in [0.05, 0.1) is 10.9 Å². The molecular formula is C14H13NOS. The van der Waals surface area contributed by atoms with E-state index in [-0.39, 0.29) is 5.78 Å². The number of fused-ring (bicyclic) bond motifs is 1.